The lowest BCUT2D eigenvalue weighted by atomic mass is 10.1. The van der Waals surface area contributed by atoms with Crippen LogP contribution in [0.15, 0.2) is 35.2 Å². The van der Waals surface area contributed by atoms with Crippen molar-refractivity contribution in [2.24, 2.45) is 7.05 Å². The van der Waals surface area contributed by atoms with Crippen molar-refractivity contribution in [3.05, 3.63) is 46.3 Å². The number of halogens is 4. The van der Waals surface area contributed by atoms with E-state index in [0.29, 0.717) is 29.0 Å². The highest BCUT2D eigenvalue weighted by molar-refractivity contribution is 9.10. The van der Waals surface area contributed by atoms with Crippen LogP contribution in [0.4, 0.5) is 19.0 Å². The average molecular weight is 400 g/mol. The van der Waals surface area contributed by atoms with Crippen molar-refractivity contribution in [3.63, 3.8) is 0 Å². The molecule has 0 saturated carbocycles. The summed E-state index contributed by atoms with van der Waals surface area (Å²) >= 11 is 3.37. The summed E-state index contributed by atoms with van der Waals surface area (Å²) in [5, 5.41) is 8.18. The molecule has 1 N–H and O–H groups in total. The van der Waals surface area contributed by atoms with Gasteiger partial charge in [0.1, 0.15) is 16.7 Å². The van der Waals surface area contributed by atoms with Crippen molar-refractivity contribution in [2.45, 2.75) is 12.6 Å². The minimum Gasteiger partial charge on any atom is -0.369 e. The summed E-state index contributed by atoms with van der Waals surface area (Å²) in [5.41, 5.74) is 0.857. The maximum absolute atomic E-state index is 12.5. The van der Waals surface area contributed by atoms with Gasteiger partial charge in [-0.2, -0.15) is 18.3 Å². The SMILES string of the molecule is Cn1nc(Br)c2c(NCCc3ccc(C(F)(F)F)cc3)ncnc21. The predicted molar refractivity (Wildman–Crippen MR) is 87.6 cm³/mol. The molecular formula is C15H13BrF3N5. The molecule has 0 bridgehead atoms. The van der Waals surface area contributed by atoms with Crippen LogP contribution in [-0.4, -0.2) is 26.3 Å². The van der Waals surface area contributed by atoms with Crippen LogP contribution in [0, 0.1) is 0 Å². The summed E-state index contributed by atoms with van der Waals surface area (Å²) in [6.45, 7) is 0.527. The molecule has 0 amide bonds. The Hall–Kier alpha value is -2.16. The Morgan fingerprint density at radius 3 is 2.54 bits per heavy atom. The molecule has 9 heteroatoms. The molecule has 0 aliphatic heterocycles. The molecule has 0 radical (unpaired) electrons. The van der Waals surface area contributed by atoms with Crippen LogP contribution in [0.2, 0.25) is 0 Å². The fourth-order valence-electron chi connectivity index (χ4n) is 2.36. The van der Waals surface area contributed by atoms with Crippen molar-refractivity contribution < 1.29 is 13.2 Å². The Balaban J connectivity index is 1.69. The lowest BCUT2D eigenvalue weighted by Gasteiger charge is -2.09. The van der Waals surface area contributed by atoms with Crippen LogP contribution in [0.5, 0.6) is 0 Å². The fraction of sp³-hybridized carbons (Fsp3) is 0.267. The first-order valence-corrected chi connectivity index (χ1v) is 7.89. The molecule has 0 atom stereocenters. The molecule has 2 heterocycles. The number of anilines is 1. The van der Waals surface area contributed by atoms with E-state index in [4.69, 9.17) is 0 Å². The molecule has 0 saturated heterocycles. The number of alkyl halides is 3. The van der Waals surface area contributed by atoms with Gasteiger partial charge in [-0.1, -0.05) is 12.1 Å². The van der Waals surface area contributed by atoms with Gasteiger partial charge in [0, 0.05) is 13.6 Å². The van der Waals surface area contributed by atoms with Crippen LogP contribution in [0.3, 0.4) is 0 Å². The smallest absolute Gasteiger partial charge is 0.369 e. The molecular weight excluding hydrogens is 387 g/mol. The summed E-state index contributed by atoms with van der Waals surface area (Å²) in [4.78, 5) is 8.38. The molecule has 24 heavy (non-hydrogen) atoms. The summed E-state index contributed by atoms with van der Waals surface area (Å²) in [7, 11) is 1.78. The molecule has 3 aromatic rings. The van der Waals surface area contributed by atoms with Gasteiger partial charge in [0.25, 0.3) is 0 Å². The summed E-state index contributed by atoms with van der Waals surface area (Å²) in [6, 6.07) is 5.16. The number of rotatable bonds is 4. The predicted octanol–water partition coefficient (Wildman–Crippen LogP) is 3.80. The monoisotopic (exact) mass is 399 g/mol. The van der Waals surface area contributed by atoms with Crippen LogP contribution in [0.25, 0.3) is 11.0 Å². The third kappa shape index (κ3) is 3.35. The van der Waals surface area contributed by atoms with Gasteiger partial charge in [0.2, 0.25) is 0 Å². The van der Waals surface area contributed by atoms with Crippen LogP contribution in [0.1, 0.15) is 11.1 Å². The zero-order valence-electron chi connectivity index (χ0n) is 12.6. The summed E-state index contributed by atoms with van der Waals surface area (Å²) < 4.78 is 39.9. The van der Waals surface area contributed by atoms with Gasteiger partial charge in [-0.25, -0.2) is 14.6 Å². The van der Waals surface area contributed by atoms with E-state index in [1.165, 1.54) is 18.5 Å². The van der Waals surface area contributed by atoms with Crippen molar-refractivity contribution >= 4 is 32.8 Å². The van der Waals surface area contributed by atoms with Crippen LogP contribution < -0.4 is 5.32 Å². The summed E-state index contributed by atoms with van der Waals surface area (Å²) in [6.07, 6.45) is -2.30. The van der Waals surface area contributed by atoms with Gasteiger partial charge in [0.15, 0.2) is 5.65 Å². The second-order valence-electron chi connectivity index (χ2n) is 5.21. The summed E-state index contributed by atoms with van der Waals surface area (Å²) in [5.74, 6) is 0.631. The molecule has 5 nitrogen and oxygen atoms in total. The highest BCUT2D eigenvalue weighted by atomic mass is 79.9. The minimum atomic E-state index is -4.31. The maximum atomic E-state index is 12.5. The van der Waals surface area contributed by atoms with Crippen molar-refractivity contribution in [2.75, 3.05) is 11.9 Å². The maximum Gasteiger partial charge on any atom is 0.416 e. The van der Waals surface area contributed by atoms with E-state index < -0.39 is 11.7 Å². The van der Waals surface area contributed by atoms with Crippen molar-refractivity contribution in [1.82, 2.24) is 19.7 Å². The third-order valence-corrected chi connectivity index (χ3v) is 4.12. The van der Waals surface area contributed by atoms with E-state index >= 15 is 0 Å². The Bertz CT molecular complexity index is 858. The Kier molecular flexibility index (Phi) is 4.44. The van der Waals surface area contributed by atoms with E-state index in [2.05, 4.69) is 36.3 Å². The molecule has 0 aliphatic rings. The van der Waals surface area contributed by atoms with E-state index in [0.717, 1.165) is 23.1 Å². The number of hydrogen-bond acceptors (Lipinski definition) is 4. The van der Waals surface area contributed by atoms with Crippen molar-refractivity contribution in [3.8, 4) is 0 Å². The molecule has 2 aromatic heterocycles. The molecule has 126 valence electrons. The first-order chi connectivity index (χ1) is 11.4. The second kappa shape index (κ2) is 6.39. The first kappa shape index (κ1) is 16.7. The molecule has 0 spiro atoms. The van der Waals surface area contributed by atoms with Gasteiger partial charge in [-0.3, -0.25) is 0 Å². The Morgan fingerprint density at radius 1 is 1.17 bits per heavy atom. The lowest BCUT2D eigenvalue weighted by molar-refractivity contribution is -0.137. The number of fused-ring (bicyclic) bond motifs is 1. The normalized spacial score (nSPS) is 11.9. The number of hydrogen-bond donors (Lipinski definition) is 1. The highest BCUT2D eigenvalue weighted by Gasteiger charge is 2.29. The topological polar surface area (TPSA) is 55.6 Å². The van der Waals surface area contributed by atoms with Crippen LogP contribution >= 0.6 is 15.9 Å². The second-order valence-corrected chi connectivity index (χ2v) is 5.96. The molecule has 0 fully saturated rings. The highest BCUT2D eigenvalue weighted by Crippen LogP contribution is 2.29. The van der Waals surface area contributed by atoms with E-state index in [1.54, 1.807) is 11.7 Å². The third-order valence-electron chi connectivity index (χ3n) is 3.57. The molecule has 1 aromatic carbocycles. The zero-order valence-corrected chi connectivity index (χ0v) is 14.2. The van der Waals surface area contributed by atoms with Gasteiger partial charge in [0.05, 0.1) is 10.9 Å². The first-order valence-electron chi connectivity index (χ1n) is 7.09. The Morgan fingerprint density at radius 2 is 1.88 bits per heavy atom. The average Bonchev–Trinajstić information content (AvgIpc) is 2.83. The molecule has 0 unspecified atom stereocenters. The number of nitrogens with zero attached hydrogens (tertiary/aromatic N) is 4. The minimum absolute atomic E-state index is 0.527. The largest absolute Gasteiger partial charge is 0.416 e. The zero-order chi connectivity index (χ0) is 17.3. The fourth-order valence-corrected chi connectivity index (χ4v) is 2.96. The van der Waals surface area contributed by atoms with Gasteiger partial charge in [-0.15, -0.1) is 0 Å². The quantitative estimate of drug-likeness (QED) is 0.724. The number of aryl methyl sites for hydroxylation is 1. The number of aromatic nitrogens is 4. The van der Waals surface area contributed by atoms with Gasteiger partial charge < -0.3 is 5.32 Å². The van der Waals surface area contributed by atoms with Gasteiger partial charge in [-0.05, 0) is 40.0 Å². The Labute approximate surface area is 144 Å². The molecule has 3 rings (SSSR count). The standard InChI is InChI=1S/C15H13BrF3N5/c1-24-14-11(12(16)23-24)13(21-8-22-14)20-7-6-9-2-4-10(5-3-9)15(17,18)19/h2-5,8H,6-7H2,1H3,(H,20,21,22). The lowest BCUT2D eigenvalue weighted by Crippen LogP contribution is -2.08. The van der Waals surface area contributed by atoms with Crippen molar-refractivity contribution in [1.29, 1.82) is 0 Å². The van der Waals surface area contributed by atoms with E-state index in [1.807, 2.05) is 0 Å². The van der Waals surface area contributed by atoms with E-state index in [-0.39, 0.29) is 0 Å². The van der Waals surface area contributed by atoms with Gasteiger partial charge >= 0.3 is 6.18 Å². The van der Waals surface area contributed by atoms with Crippen LogP contribution in [-0.2, 0) is 19.6 Å². The van der Waals surface area contributed by atoms with E-state index in [9.17, 15) is 13.2 Å². The number of nitrogens with one attached hydrogen (secondary N) is 1. The number of benzene rings is 1. The molecule has 0 aliphatic carbocycles.